The number of para-hydroxylation sites is 1. The predicted molar refractivity (Wildman–Crippen MR) is 87.9 cm³/mol. The van der Waals surface area contributed by atoms with Gasteiger partial charge in [-0.3, -0.25) is 4.79 Å². The highest BCUT2D eigenvalue weighted by Crippen LogP contribution is 2.26. The number of carbonyl (C=O) groups is 1. The van der Waals surface area contributed by atoms with Gasteiger partial charge in [-0.15, -0.1) is 0 Å². The number of hydrogen-bond donors (Lipinski definition) is 2. The number of hydrogen-bond acceptors (Lipinski definition) is 5. The number of primary sulfonamides is 1. The van der Waals surface area contributed by atoms with E-state index in [1.807, 2.05) is 13.8 Å². The minimum atomic E-state index is -4.06. The third-order valence-electron chi connectivity index (χ3n) is 3.05. The van der Waals surface area contributed by atoms with Gasteiger partial charge in [-0.1, -0.05) is 12.1 Å². The van der Waals surface area contributed by atoms with Gasteiger partial charge >= 0.3 is 0 Å². The number of nitrogen functional groups attached to an aromatic ring is 1. The zero-order valence-electron chi connectivity index (χ0n) is 12.8. The lowest BCUT2D eigenvalue weighted by Crippen LogP contribution is -2.18. The number of carbonyl (C=O) groups excluding carboxylic acids is 1. The summed E-state index contributed by atoms with van der Waals surface area (Å²) in [4.78, 5) is 12.5. The third kappa shape index (κ3) is 3.88. The molecule has 0 amide bonds. The van der Waals surface area contributed by atoms with E-state index in [0.29, 0.717) is 5.75 Å². The molecule has 4 N–H and O–H groups in total. The van der Waals surface area contributed by atoms with Crippen LogP contribution in [0.2, 0.25) is 0 Å². The first kappa shape index (κ1) is 17.0. The topological polar surface area (TPSA) is 112 Å². The van der Waals surface area contributed by atoms with Crippen molar-refractivity contribution in [3.8, 4) is 5.75 Å². The minimum Gasteiger partial charge on any atom is -0.490 e. The van der Waals surface area contributed by atoms with E-state index >= 15 is 0 Å². The van der Waals surface area contributed by atoms with Crippen molar-refractivity contribution in [2.45, 2.75) is 24.8 Å². The Morgan fingerprint density at radius 3 is 2.35 bits per heavy atom. The highest BCUT2D eigenvalue weighted by Gasteiger charge is 2.23. The average Bonchev–Trinajstić information content (AvgIpc) is 2.45. The Bertz CT molecular complexity index is 845. The maximum atomic E-state index is 12.8. The van der Waals surface area contributed by atoms with E-state index in [-0.39, 0.29) is 27.8 Å². The van der Waals surface area contributed by atoms with Crippen LogP contribution >= 0.6 is 0 Å². The van der Waals surface area contributed by atoms with E-state index in [9.17, 15) is 13.2 Å². The van der Waals surface area contributed by atoms with Gasteiger partial charge in [0.2, 0.25) is 10.0 Å². The maximum Gasteiger partial charge on any atom is 0.238 e. The number of anilines is 1. The number of rotatable bonds is 5. The lowest BCUT2D eigenvalue weighted by atomic mass is 10.0. The molecule has 0 atom stereocenters. The van der Waals surface area contributed by atoms with Gasteiger partial charge in [-0.25, -0.2) is 13.6 Å². The van der Waals surface area contributed by atoms with Gasteiger partial charge in [0.15, 0.2) is 5.78 Å². The molecule has 0 saturated heterocycles. The summed E-state index contributed by atoms with van der Waals surface area (Å²) < 4.78 is 29.0. The summed E-state index contributed by atoms with van der Waals surface area (Å²) in [5, 5.41) is 5.19. The fourth-order valence-electron chi connectivity index (χ4n) is 2.13. The van der Waals surface area contributed by atoms with Crippen molar-refractivity contribution < 1.29 is 17.9 Å². The summed E-state index contributed by atoms with van der Waals surface area (Å²) in [5.74, 6) is -0.145. The third-order valence-corrected chi connectivity index (χ3v) is 4.02. The second-order valence-electron chi connectivity index (χ2n) is 5.29. The van der Waals surface area contributed by atoms with Gasteiger partial charge in [-0.2, -0.15) is 0 Å². The van der Waals surface area contributed by atoms with Crippen LogP contribution in [-0.4, -0.2) is 20.3 Å². The molecule has 0 saturated carbocycles. The fraction of sp³-hybridized carbons (Fsp3) is 0.188. The standard InChI is InChI=1S/C16H18N2O4S/c1-10(2)22-14-6-4-3-5-12(14)16(19)13-9-11(17)7-8-15(13)23(18,20)21/h3-10H,17H2,1-2H3,(H2,18,20,21). The Balaban J connectivity index is 2.61. The molecule has 2 rings (SSSR count). The van der Waals surface area contributed by atoms with Crippen LogP contribution in [0.1, 0.15) is 29.8 Å². The smallest absolute Gasteiger partial charge is 0.238 e. The van der Waals surface area contributed by atoms with Crippen molar-refractivity contribution in [2.75, 3.05) is 5.73 Å². The van der Waals surface area contributed by atoms with Crippen LogP contribution in [0.5, 0.6) is 5.75 Å². The second kappa shape index (κ2) is 6.39. The molecular formula is C16H18N2O4S. The first-order chi connectivity index (χ1) is 10.7. The SMILES string of the molecule is CC(C)Oc1ccccc1C(=O)c1cc(N)ccc1S(N)(=O)=O. The van der Waals surface area contributed by atoms with Gasteiger partial charge < -0.3 is 10.5 Å². The molecule has 0 fully saturated rings. The lowest BCUT2D eigenvalue weighted by molar-refractivity contribution is 0.103. The molecule has 6 nitrogen and oxygen atoms in total. The molecule has 2 aromatic carbocycles. The van der Waals surface area contributed by atoms with Gasteiger partial charge in [-0.05, 0) is 44.2 Å². The zero-order chi connectivity index (χ0) is 17.2. The molecule has 7 heteroatoms. The first-order valence-corrected chi connectivity index (χ1v) is 8.47. The summed E-state index contributed by atoms with van der Waals surface area (Å²) in [6, 6.07) is 10.5. The largest absolute Gasteiger partial charge is 0.490 e. The molecule has 0 bridgehead atoms. The van der Waals surface area contributed by atoms with Crippen LogP contribution in [0.4, 0.5) is 5.69 Å². The Hall–Kier alpha value is -2.38. The van der Waals surface area contributed by atoms with Crippen LogP contribution in [0, 0.1) is 0 Å². The molecule has 2 aromatic rings. The monoisotopic (exact) mass is 334 g/mol. The zero-order valence-corrected chi connectivity index (χ0v) is 13.6. The van der Waals surface area contributed by atoms with E-state index in [1.54, 1.807) is 24.3 Å². The first-order valence-electron chi connectivity index (χ1n) is 6.93. The Morgan fingerprint density at radius 1 is 1.09 bits per heavy atom. The lowest BCUT2D eigenvalue weighted by Gasteiger charge is -2.14. The van der Waals surface area contributed by atoms with Crippen molar-refractivity contribution in [2.24, 2.45) is 5.14 Å². The highest BCUT2D eigenvalue weighted by atomic mass is 32.2. The minimum absolute atomic E-state index is 0.0766. The normalized spacial score (nSPS) is 11.5. The van der Waals surface area contributed by atoms with Gasteiger partial charge in [0, 0.05) is 11.3 Å². The van der Waals surface area contributed by atoms with E-state index in [0.717, 1.165) is 0 Å². The molecule has 0 aliphatic carbocycles. The fourth-order valence-corrected chi connectivity index (χ4v) is 2.85. The molecule has 0 aromatic heterocycles. The van der Waals surface area contributed by atoms with Crippen molar-refractivity contribution in [3.05, 3.63) is 53.6 Å². The summed E-state index contributed by atoms with van der Waals surface area (Å²) >= 11 is 0. The number of benzene rings is 2. The Labute approximate surface area is 135 Å². The van der Waals surface area contributed by atoms with E-state index in [4.69, 9.17) is 15.6 Å². The van der Waals surface area contributed by atoms with Crippen LogP contribution in [0.25, 0.3) is 0 Å². The van der Waals surface area contributed by atoms with Crippen LogP contribution in [0.15, 0.2) is 47.4 Å². The summed E-state index contributed by atoms with van der Waals surface area (Å²) in [5.41, 5.74) is 6.12. The number of ketones is 1. The number of sulfonamides is 1. The molecule has 0 spiro atoms. The van der Waals surface area contributed by atoms with Crippen LogP contribution < -0.4 is 15.6 Å². The number of ether oxygens (including phenoxy) is 1. The molecule has 0 radical (unpaired) electrons. The van der Waals surface area contributed by atoms with Crippen LogP contribution in [0.3, 0.4) is 0 Å². The van der Waals surface area contributed by atoms with Crippen molar-refractivity contribution >= 4 is 21.5 Å². The average molecular weight is 334 g/mol. The molecule has 0 heterocycles. The van der Waals surface area contributed by atoms with Gasteiger partial charge in [0.25, 0.3) is 0 Å². The van der Waals surface area contributed by atoms with Crippen LogP contribution in [-0.2, 0) is 10.0 Å². The Kier molecular flexibility index (Phi) is 4.72. The van der Waals surface area contributed by atoms with Gasteiger partial charge in [0.05, 0.1) is 16.6 Å². The molecular weight excluding hydrogens is 316 g/mol. The van der Waals surface area contributed by atoms with Crippen molar-refractivity contribution in [1.82, 2.24) is 0 Å². The van der Waals surface area contributed by atoms with E-state index in [2.05, 4.69) is 0 Å². The highest BCUT2D eigenvalue weighted by molar-refractivity contribution is 7.89. The predicted octanol–water partition coefficient (Wildman–Crippen LogP) is 1.93. The van der Waals surface area contributed by atoms with Crippen molar-refractivity contribution in [1.29, 1.82) is 0 Å². The summed E-state index contributed by atoms with van der Waals surface area (Å²) in [6.07, 6.45) is -0.137. The maximum absolute atomic E-state index is 12.8. The Morgan fingerprint density at radius 2 is 1.74 bits per heavy atom. The molecule has 0 aliphatic heterocycles. The molecule has 0 aliphatic rings. The summed E-state index contributed by atoms with van der Waals surface area (Å²) in [7, 11) is -4.06. The quantitative estimate of drug-likeness (QED) is 0.641. The second-order valence-corrected chi connectivity index (χ2v) is 6.82. The number of nitrogens with two attached hydrogens (primary N) is 2. The molecule has 23 heavy (non-hydrogen) atoms. The van der Waals surface area contributed by atoms with E-state index in [1.165, 1.54) is 18.2 Å². The van der Waals surface area contributed by atoms with E-state index < -0.39 is 15.8 Å². The van der Waals surface area contributed by atoms with Crippen molar-refractivity contribution in [3.63, 3.8) is 0 Å². The molecule has 122 valence electrons. The van der Waals surface area contributed by atoms with Gasteiger partial charge in [0.1, 0.15) is 5.75 Å². The summed E-state index contributed by atoms with van der Waals surface area (Å²) in [6.45, 7) is 3.66. The molecule has 0 unspecified atom stereocenters.